The molecule has 1 heterocycles. The average Bonchev–Trinajstić information content (AvgIpc) is 2.56. The van der Waals surface area contributed by atoms with Crippen molar-refractivity contribution in [1.29, 1.82) is 0 Å². The van der Waals surface area contributed by atoms with Crippen molar-refractivity contribution in [3.8, 4) is 0 Å². The molecule has 2 nitrogen and oxygen atoms in total. The summed E-state index contributed by atoms with van der Waals surface area (Å²) in [7, 11) is 2.24. The van der Waals surface area contributed by atoms with Crippen molar-refractivity contribution in [2.75, 3.05) is 26.8 Å². The van der Waals surface area contributed by atoms with Crippen LogP contribution >= 0.6 is 0 Å². The minimum Gasteiger partial charge on any atom is -0.293 e. The lowest BCUT2D eigenvalue weighted by Crippen LogP contribution is -2.46. The summed E-state index contributed by atoms with van der Waals surface area (Å²) in [5.41, 5.74) is 0. The summed E-state index contributed by atoms with van der Waals surface area (Å²) in [5.74, 6) is 0. The summed E-state index contributed by atoms with van der Waals surface area (Å²) in [6.07, 6.45) is 7.20. The quantitative estimate of drug-likeness (QED) is 0.586. The van der Waals surface area contributed by atoms with Crippen LogP contribution < -0.4 is 0 Å². The van der Waals surface area contributed by atoms with E-state index >= 15 is 0 Å². The molecule has 0 aromatic carbocycles. The Morgan fingerprint density at radius 3 is 2.42 bits per heavy atom. The highest BCUT2D eigenvalue weighted by atomic mass is 15.3. The van der Waals surface area contributed by atoms with Gasteiger partial charge in [0.25, 0.3) is 0 Å². The molecule has 0 bridgehead atoms. The van der Waals surface area contributed by atoms with Gasteiger partial charge in [0.15, 0.2) is 0 Å². The van der Waals surface area contributed by atoms with Gasteiger partial charge in [-0.15, -0.1) is 0 Å². The molecule has 1 saturated carbocycles. The Bertz CT molecular complexity index is 141. The zero-order valence-corrected chi connectivity index (χ0v) is 8.13. The van der Waals surface area contributed by atoms with Gasteiger partial charge in [0.05, 0.1) is 6.67 Å². The molecule has 0 atom stereocenters. The van der Waals surface area contributed by atoms with Gasteiger partial charge in [-0.1, -0.05) is 12.8 Å². The Labute approximate surface area is 75.5 Å². The topological polar surface area (TPSA) is 6.48 Å². The molecule has 2 aliphatic rings. The van der Waals surface area contributed by atoms with E-state index in [9.17, 15) is 0 Å². The van der Waals surface area contributed by atoms with E-state index in [1.807, 2.05) is 0 Å². The lowest BCUT2D eigenvalue weighted by molar-refractivity contribution is 0.0706. The zero-order valence-electron chi connectivity index (χ0n) is 8.13. The van der Waals surface area contributed by atoms with Crippen molar-refractivity contribution in [2.24, 2.45) is 0 Å². The molecular formula is C10H20N2. The standard InChI is InChI=1S/C10H20N2/c1-11-7-4-8-12(9-11)10-5-2-3-6-10/h10H,2-9H2,1H3. The lowest BCUT2D eigenvalue weighted by atomic mass is 10.2. The summed E-state index contributed by atoms with van der Waals surface area (Å²) in [6, 6.07) is 0.924. The van der Waals surface area contributed by atoms with Gasteiger partial charge in [-0.3, -0.25) is 9.80 Å². The maximum Gasteiger partial charge on any atom is 0.0506 e. The predicted octanol–water partition coefficient (Wildman–Crippen LogP) is 1.52. The van der Waals surface area contributed by atoms with E-state index in [0.29, 0.717) is 0 Å². The molecule has 1 saturated heterocycles. The summed E-state index contributed by atoms with van der Waals surface area (Å²) >= 11 is 0. The third-order valence-corrected chi connectivity index (χ3v) is 3.25. The summed E-state index contributed by atoms with van der Waals surface area (Å²) in [5, 5.41) is 0. The van der Waals surface area contributed by atoms with Crippen molar-refractivity contribution in [1.82, 2.24) is 9.80 Å². The van der Waals surface area contributed by atoms with E-state index in [2.05, 4.69) is 16.8 Å². The van der Waals surface area contributed by atoms with Gasteiger partial charge in [-0.05, 0) is 26.3 Å². The van der Waals surface area contributed by atoms with Crippen molar-refractivity contribution >= 4 is 0 Å². The molecule has 2 heteroatoms. The molecule has 2 fully saturated rings. The van der Waals surface area contributed by atoms with Crippen LogP contribution in [0, 0.1) is 0 Å². The first kappa shape index (κ1) is 8.52. The lowest BCUT2D eigenvalue weighted by Gasteiger charge is -2.37. The van der Waals surface area contributed by atoms with Crippen LogP contribution in [0.15, 0.2) is 0 Å². The Balaban J connectivity index is 1.85. The second-order valence-corrected chi connectivity index (χ2v) is 4.33. The second kappa shape index (κ2) is 3.75. The van der Waals surface area contributed by atoms with Crippen molar-refractivity contribution in [2.45, 2.75) is 38.1 Å². The normalized spacial score (nSPS) is 29.8. The Morgan fingerprint density at radius 1 is 1.00 bits per heavy atom. The van der Waals surface area contributed by atoms with Crippen molar-refractivity contribution < 1.29 is 0 Å². The molecule has 2 rings (SSSR count). The highest BCUT2D eigenvalue weighted by Gasteiger charge is 2.24. The fourth-order valence-corrected chi connectivity index (χ4v) is 2.56. The molecule has 1 aliphatic heterocycles. The molecule has 12 heavy (non-hydrogen) atoms. The number of hydrogen-bond acceptors (Lipinski definition) is 2. The van der Waals surface area contributed by atoms with Crippen LogP contribution in [-0.4, -0.2) is 42.6 Å². The first-order chi connectivity index (χ1) is 5.86. The van der Waals surface area contributed by atoms with Gasteiger partial charge in [0.1, 0.15) is 0 Å². The van der Waals surface area contributed by atoms with Gasteiger partial charge in [-0.25, -0.2) is 0 Å². The molecule has 0 aromatic rings. The van der Waals surface area contributed by atoms with Gasteiger partial charge < -0.3 is 0 Å². The predicted molar refractivity (Wildman–Crippen MR) is 51.1 cm³/mol. The molecule has 1 aliphatic carbocycles. The van der Waals surface area contributed by atoms with E-state index in [-0.39, 0.29) is 0 Å². The zero-order chi connectivity index (χ0) is 8.39. The first-order valence-electron chi connectivity index (χ1n) is 5.29. The third-order valence-electron chi connectivity index (χ3n) is 3.25. The van der Waals surface area contributed by atoms with Crippen LogP contribution in [0.4, 0.5) is 0 Å². The maximum absolute atomic E-state index is 2.68. The molecule has 0 unspecified atom stereocenters. The van der Waals surface area contributed by atoms with Crippen LogP contribution in [0.25, 0.3) is 0 Å². The number of nitrogens with zero attached hydrogens (tertiary/aromatic N) is 2. The van der Waals surface area contributed by atoms with Crippen molar-refractivity contribution in [3.05, 3.63) is 0 Å². The summed E-state index contributed by atoms with van der Waals surface area (Å²) in [4.78, 5) is 5.12. The highest BCUT2D eigenvalue weighted by molar-refractivity contribution is 4.79. The molecule has 0 aromatic heterocycles. The van der Waals surface area contributed by atoms with E-state index in [1.54, 1.807) is 0 Å². The van der Waals surface area contributed by atoms with E-state index < -0.39 is 0 Å². The van der Waals surface area contributed by atoms with Gasteiger partial charge in [0, 0.05) is 19.1 Å². The largest absolute Gasteiger partial charge is 0.293 e. The van der Waals surface area contributed by atoms with E-state index in [4.69, 9.17) is 0 Å². The van der Waals surface area contributed by atoms with Crippen LogP contribution in [0.1, 0.15) is 32.1 Å². The fraction of sp³-hybridized carbons (Fsp3) is 1.00. The van der Waals surface area contributed by atoms with E-state index in [1.165, 1.54) is 51.9 Å². The highest BCUT2D eigenvalue weighted by Crippen LogP contribution is 2.24. The first-order valence-corrected chi connectivity index (χ1v) is 5.29. The minimum atomic E-state index is 0.924. The fourth-order valence-electron chi connectivity index (χ4n) is 2.56. The number of rotatable bonds is 1. The Kier molecular flexibility index (Phi) is 2.66. The minimum absolute atomic E-state index is 0.924. The third kappa shape index (κ3) is 1.80. The van der Waals surface area contributed by atoms with Crippen LogP contribution in [0.2, 0.25) is 0 Å². The van der Waals surface area contributed by atoms with Gasteiger partial charge in [0.2, 0.25) is 0 Å². The Hall–Kier alpha value is -0.0800. The molecule has 0 spiro atoms. The maximum atomic E-state index is 2.68. The summed E-state index contributed by atoms with van der Waals surface area (Å²) < 4.78 is 0. The monoisotopic (exact) mass is 168 g/mol. The molecule has 0 amide bonds. The molecule has 0 radical (unpaired) electrons. The van der Waals surface area contributed by atoms with Gasteiger partial charge in [-0.2, -0.15) is 0 Å². The molecule has 70 valence electrons. The van der Waals surface area contributed by atoms with Crippen LogP contribution in [0.3, 0.4) is 0 Å². The van der Waals surface area contributed by atoms with Crippen LogP contribution in [-0.2, 0) is 0 Å². The average molecular weight is 168 g/mol. The molecule has 0 N–H and O–H groups in total. The number of hydrogen-bond donors (Lipinski definition) is 0. The Morgan fingerprint density at radius 2 is 1.75 bits per heavy atom. The summed E-state index contributed by atoms with van der Waals surface area (Å²) in [6.45, 7) is 3.85. The molecular weight excluding hydrogens is 148 g/mol. The SMILES string of the molecule is CN1CCCN(C2CCCC2)C1. The van der Waals surface area contributed by atoms with E-state index in [0.717, 1.165) is 6.04 Å². The van der Waals surface area contributed by atoms with Gasteiger partial charge >= 0.3 is 0 Å². The smallest absolute Gasteiger partial charge is 0.0506 e. The van der Waals surface area contributed by atoms with Crippen LogP contribution in [0.5, 0.6) is 0 Å². The van der Waals surface area contributed by atoms with Crippen molar-refractivity contribution in [3.63, 3.8) is 0 Å². The second-order valence-electron chi connectivity index (χ2n) is 4.33.